The highest BCUT2D eigenvalue weighted by atomic mass is 32.2. The first-order valence-electron chi connectivity index (χ1n) is 8.77. The molecule has 1 amide bonds. The summed E-state index contributed by atoms with van der Waals surface area (Å²) in [7, 11) is -4.02. The van der Waals surface area contributed by atoms with Gasteiger partial charge in [0.1, 0.15) is 5.75 Å². The zero-order valence-electron chi connectivity index (χ0n) is 15.4. The Morgan fingerprint density at radius 3 is 1.79 bits per heavy atom. The van der Waals surface area contributed by atoms with Gasteiger partial charge in [-0.1, -0.05) is 78.9 Å². The van der Waals surface area contributed by atoms with Gasteiger partial charge in [-0.15, -0.1) is 0 Å². The second kappa shape index (κ2) is 8.28. The molecule has 3 rings (SSSR count). The smallest absolute Gasteiger partial charge is 0.405 e. The number of hydrogen-bond donors (Lipinski definition) is 1. The van der Waals surface area contributed by atoms with E-state index in [2.05, 4.69) is 0 Å². The average molecular weight is 409 g/mol. The number of carbonyl (C=O) groups excluding carboxylic acids is 2. The van der Waals surface area contributed by atoms with E-state index in [1.165, 1.54) is 36.4 Å². The number of ether oxygens (including phenoxy) is 1. The predicted octanol–water partition coefficient (Wildman–Crippen LogP) is 3.33. The first kappa shape index (κ1) is 20.3. The summed E-state index contributed by atoms with van der Waals surface area (Å²) < 4.78 is 31.6. The molecule has 0 aliphatic heterocycles. The molecule has 7 heteroatoms. The van der Waals surface area contributed by atoms with Gasteiger partial charge in [0.2, 0.25) is 11.4 Å². The quantitative estimate of drug-likeness (QED) is 0.603. The fourth-order valence-corrected chi connectivity index (χ4v) is 4.73. The van der Waals surface area contributed by atoms with Crippen molar-refractivity contribution >= 4 is 21.7 Å². The molecule has 0 spiro atoms. The van der Waals surface area contributed by atoms with Crippen molar-refractivity contribution in [3.8, 4) is 0 Å². The predicted molar refractivity (Wildman–Crippen MR) is 108 cm³/mol. The van der Waals surface area contributed by atoms with Gasteiger partial charge < -0.3 is 10.5 Å². The maximum atomic E-state index is 13.5. The van der Waals surface area contributed by atoms with Crippen molar-refractivity contribution in [2.75, 3.05) is 5.75 Å². The highest BCUT2D eigenvalue weighted by molar-refractivity contribution is 7.91. The number of benzene rings is 3. The van der Waals surface area contributed by atoms with E-state index in [1.807, 2.05) is 0 Å². The molecule has 1 unspecified atom stereocenters. The Morgan fingerprint density at radius 2 is 1.28 bits per heavy atom. The Balaban J connectivity index is 2.22. The van der Waals surface area contributed by atoms with Crippen molar-refractivity contribution in [2.24, 2.45) is 5.73 Å². The van der Waals surface area contributed by atoms with Crippen LogP contribution in [-0.2, 0) is 20.2 Å². The molecule has 0 heterocycles. The molecule has 0 aliphatic rings. The fraction of sp³-hybridized carbons (Fsp3) is 0.0909. The Bertz CT molecular complexity index is 1100. The normalized spacial score (nSPS) is 13.2. The van der Waals surface area contributed by atoms with E-state index in [4.69, 9.17) is 10.5 Å². The van der Waals surface area contributed by atoms with E-state index in [1.54, 1.807) is 54.6 Å². The number of Topliss-reactive ketones (excluding diaryl/α,β-unsaturated/α-hetero) is 1. The number of ketones is 1. The molecule has 6 nitrogen and oxygen atoms in total. The van der Waals surface area contributed by atoms with Crippen molar-refractivity contribution in [1.82, 2.24) is 0 Å². The van der Waals surface area contributed by atoms with Gasteiger partial charge in [0, 0.05) is 11.1 Å². The highest BCUT2D eigenvalue weighted by Gasteiger charge is 2.48. The average Bonchev–Trinajstić information content (AvgIpc) is 2.74. The van der Waals surface area contributed by atoms with Gasteiger partial charge in [-0.25, -0.2) is 13.2 Å². The van der Waals surface area contributed by atoms with Crippen LogP contribution in [0, 0.1) is 0 Å². The van der Waals surface area contributed by atoms with Gasteiger partial charge >= 0.3 is 6.09 Å². The van der Waals surface area contributed by atoms with Crippen LogP contribution in [0.15, 0.2) is 95.9 Å². The fourth-order valence-electron chi connectivity index (χ4n) is 3.10. The third-order valence-electron chi connectivity index (χ3n) is 4.41. The molecule has 0 aromatic heterocycles. The Hall–Kier alpha value is -3.45. The third kappa shape index (κ3) is 4.35. The molecule has 0 bridgehead atoms. The van der Waals surface area contributed by atoms with Crippen LogP contribution in [0.5, 0.6) is 0 Å². The third-order valence-corrected chi connectivity index (χ3v) is 6.19. The number of amides is 1. The highest BCUT2D eigenvalue weighted by Crippen LogP contribution is 2.34. The van der Waals surface area contributed by atoms with E-state index < -0.39 is 33.1 Å². The number of hydrogen-bond acceptors (Lipinski definition) is 5. The number of primary amides is 1. The maximum Gasteiger partial charge on any atom is 0.405 e. The minimum Gasteiger partial charge on any atom is -0.429 e. The Labute approximate surface area is 168 Å². The summed E-state index contributed by atoms with van der Waals surface area (Å²) in [6.07, 6.45) is -1.25. The standard InChI is InChI=1S/C22H19NO5S/c23-21(25)28-22(18-12-6-2-7-13-18,20(24)17-10-4-1-5-11-17)16-29(26,27)19-14-8-3-9-15-19/h1-15H,16H2,(H2,23,25). The molecule has 0 radical (unpaired) electrons. The second-order valence-corrected chi connectivity index (χ2v) is 8.37. The van der Waals surface area contributed by atoms with Gasteiger partial charge in [-0.3, -0.25) is 4.79 Å². The lowest BCUT2D eigenvalue weighted by atomic mass is 9.87. The van der Waals surface area contributed by atoms with E-state index in [9.17, 15) is 18.0 Å². The number of nitrogens with two attached hydrogens (primary N) is 1. The molecule has 29 heavy (non-hydrogen) atoms. The lowest BCUT2D eigenvalue weighted by molar-refractivity contribution is 0.0270. The zero-order valence-corrected chi connectivity index (χ0v) is 16.2. The van der Waals surface area contributed by atoms with Crippen molar-refractivity contribution < 1.29 is 22.7 Å². The first-order chi connectivity index (χ1) is 13.8. The minimum atomic E-state index is -4.02. The van der Waals surface area contributed by atoms with Crippen LogP contribution in [0.3, 0.4) is 0 Å². The lowest BCUT2D eigenvalue weighted by Gasteiger charge is -2.31. The molecular formula is C22H19NO5S. The van der Waals surface area contributed by atoms with E-state index >= 15 is 0 Å². The summed E-state index contributed by atoms with van der Waals surface area (Å²) in [6, 6.07) is 23.7. The van der Waals surface area contributed by atoms with E-state index in [0.717, 1.165) is 0 Å². The number of sulfone groups is 1. The van der Waals surface area contributed by atoms with Crippen molar-refractivity contribution in [1.29, 1.82) is 0 Å². The van der Waals surface area contributed by atoms with Crippen LogP contribution in [-0.4, -0.2) is 26.0 Å². The van der Waals surface area contributed by atoms with Crippen LogP contribution in [0.1, 0.15) is 15.9 Å². The Morgan fingerprint density at radius 1 is 0.793 bits per heavy atom. The van der Waals surface area contributed by atoms with Gasteiger partial charge in [-0.2, -0.15) is 0 Å². The number of rotatable bonds is 7. The van der Waals surface area contributed by atoms with Crippen LogP contribution in [0.4, 0.5) is 4.79 Å². The zero-order chi connectivity index (χ0) is 20.9. The summed E-state index contributed by atoms with van der Waals surface area (Å²) >= 11 is 0. The molecule has 1 atom stereocenters. The van der Waals surface area contributed by atoms with Gasteiger partial charge in [0.15, 0.2) is 9.84 Å². The number of carbonyl (C=O) groups is 2. The van der Waals surface area contributed by atoms with Crippen LogP contribution >= 0.6 is 0 Å². The molecule has 2 N–H and O–H groups in total. The van der Waals surface area contributed by atoms with Gasteiger partial charge in [0.25, 0.3) is 0 Å². The van der Waals surface area contributed by atoms with Crippen molar-refractivity contribution in [3.63, 3.8) is 0 Å². The molecule has 0 saturated heterocycles. The van der Waals surface area contributed by atoms with E-state index in [0.29, 0.717) is 0 Å². The minimum absolute atomic E-state index is 0.00855. The van der Waals surface area contributed by atoms with Crippen LogP contribution < -0.4 is 5.73 Å². The Kier molecular flexibility index (Phi) is 5.79. The SMILES string of the molecule is NC(=O)OC(CS(=O)(=O)c1ccccc1)(C(=O)c1ccccc1)c1ccccc1. The van der Waals surface area contributed by atoms with Crippen molar-refractivity contribution in [3.05, 3.63) is 102 Å². The summed E-state index contributed by atoms with van der Waals surface area (Å²) in [6.45, 7) is 0. The molecule has 148 valence electrons. The van der Waals surface area contributed by atoms with Crippen LogP contribution in [0.2, 0.25) is 0 Å². The summed E-state index contributed by atoms with van der Waals surface area (Å²) in [5.41, 5.74) is 3.56. The molecule has 0 fully saturated rings. The van der Waals surface area contributed by atoms with Crippen molar-refractivity contribution in [2.45, 2.75) is 10.5 Å². The topological polar surface area (TPSA) is 104 Å². The van der Waals surface area contributed by atoms with Gasteiger partial charge in [-0.05, 0) is 12.1 Å². The largest absolute Gasteiger partial charge is 0.429 e. The first-order valence-corrected chi connectivity index (χ1v) is 10.4. The molecule has 3 aromatic rings. The molecular weight excluding hydrogens is 390 g/mol. The molecule has 0 saturated carbocycles. The summed E-state index contributed by atoms with van der Waals surface area (Å²) in [5.74, 6) is -1.47. The summed E-state index contributed by atoms with van der Waals surface area (Å²) in [5, 5.41) is 0. The maximum absolute atomic E-state index is 13.5. The lowest BCUT2D eigenvalue weighted by Crippen LogP contribution is -2.47. The summed E-state index contributed by atoms with van der Waals surface area (Å²) in [4.78, 5) is 25.3. The molecule has 3 aromatic carbocycles. The van der Waals surface area contributed by atoms with Crippen LogP contribution in [0.25, 0.3) is 0 Å². The van der Waals surface area contributed by atoms with E-state index in [-0.39, 0.29) is 16.0 Å². The monoisotopic (exact) mass is 409 g/mol. The second-order valence-electron chi connectivity index (χ2n) is 6.38. The molecule has 0 aliphatic carbocycles. The van der Waals surface area contributed by atoms with Gasteiger partial charge in [0.05, 0.1) is 4.90 Å².